The molecule has 0 unspecified atom stereocenters. The monoisotopic (exact) mass is 290 g/mol. The molecule has 0 atom stereocenters. The van der Waals surface area contributed by atoms with Crippen molar-refractivity contribution in [1.82, 2.24) is 14.8 Å². The molecular formula is C17H14N4O. The normalized spacial score (nSPS) is 11.3. The molecule has 5 heteroatoms. The first-order valence-corrected chi connectivity index (χ1v) is 7.02. The van der Waals surface area contributed by atoms with Crippen LogP contribution in [-0.2, 0) is 0 Å². The molecule has 0 aliphatic heterocycles. The summed E-state index contributed by atoms with van der Waals surface area (Å²) >= 11 is 0. The number of hydrogen-bond donors (Lipinski definition) is 2. The van der Waals surface area contributed by atoms with Crippen LogP contribution < -0.4 is 11.2 Å². The molecule has 0 fully saturated rings. The molecular weight excluding hydrogens is 276 g/mol. The molecule has 0 bridgehead atoms. The Morgan fingerprint density at radius 1 is 1.09 bits per heavy atom. The number of anilines is 1. The second kappa shape index (κ2) is 4.46. The fourth-order valence-electron chi connectivity index (χ4n) is 2.90. The molecule has 2 aromatic heterocycles. The van der Waals surface area contributed by atoms with E-state index in [1.54, 1.807) is 0 Å². The van der Waals surface area contributed by atoms with Gasteiger partial charge in [-0.15, -0.1) is 0 Å². The van der Waals surface area contributed by atoms with Gasteiger partial charge in [-0.1, -0.05) is 30.3 Å². The van der Waals surface area contributed by atoms with E-state index < -0.39 is 0 Å². The van der Waals surface area contributed by atoms with Crippen molar-refractivity contribution in [3.05, 3.63) is 64.3 Å². The summed E-state index contributed by atoms with van der Waals surface area (Å²) in [7, 11) is 0. The van der Waals surface area contributed by atoms with Gasteiger partial charge < -0.3 is 5.73 Å². The van der Waals surface area contributed by atoms with E-state index in [4.69, 9.17) is 5.73 Å². The Bertz CT molecular complexity index is 1080. The SMILES string of the molecule is Cc1ccccc1-n1c2ccccc2c(=O)c2c(N)[nH]nc21. The fourth-order valence-corrected chi connectivity index (χ4v) is 2.90. The van der Waals surface area contributed by atoms with Crippen LogP contribution >= 0.6 is 0 Å². The van der Waals surface area contributed by atoms with Crippen LogP contribution in [0.4, 0.5) is 5.82 Å². The van der Waals surface area contributed by atoms with E-state index in [0.29, 0.717) is 22.2 Å². The Balaban J connectivity index is 2.32. The topological polar surface area (TPSA) is 76.7 Å². The molecule has 0 aliphatic carbocycles. The van der Waals surface area contributed by atoms with Crippen molar-refractivity contribution in [2.45, 2.75) is 6.92 Å². The van der Waals surface area contributed by atoms with Gasteiger partial charge in [-0.2, -0.15) is 5.10 Å². The van der Waals surface area contributed by atoms with Crippen molar-refractivity contribution < 1.29 is 0 Å². The number of benzene rings is 2. The lowest BCUT2D eigenvalue weighted by atomic mass is 10.1. The third-order valence-electron chi connectivity index (χ3n) is 3.96. The highest BCUT2D eigenvalue weighted by molar-refractivity contribution is 5.98. The van der Waals surface area contributed by atoms with Gasteiger partial charge in [0.15, 0.2) is 5.65 Å². The molecule has 0 radical (unpaired) electrons. The molecule has 108 valence electrons. The summed E-state index contributed by atoms with van der Waals surface area (Å²) in [6, 6.07) is 15.5. The van der Waals surface area contributed by atoms with Gasteiger partial charge in [0.05, 0.1) is 11.2 Å². The maximum Gasteiger partial charge on any atom is 0.202 e. The van der Waals surface area contributed by atoms with Gasteiger partial charge in [-0.05, 0) is 30.7 Å². The minimum absolute atomic E-state index is 0.0957. The minimum Gasteiger partial charge on any atom is -0.383 e. The molecule has 0 saturated carbocycles. The lowest BCUT2D eigenvalue weighted by molar-refractivity contribution is 1.05. The minimum atomic E-state index is -0.0957. The number of aryl methyl sites for hydroxylation is 1. The Kier molecular flexibility index (Phi) is 2.56. The number of pyridine rings is 1. The van der Waals surface area contributed by atoms with Crippen LogP contribution in [0, 0.1) is 6.92 Å². The molecule has 2 heterocycles. The van der Waals surface area contributed by atoms with Crippen molar-refractivity contribution >= 4 is 27.8 Å². The smallest absolute Gasteiger partial charge is 0.202 e. The second-order valence-electron chi connectivity index (χ2n) is 5.30. The maximum atomic E-state index is 12.7. The molecule has 4 aromatic rings. The average molecular weight is 290 g/mol. The molecule has 5 nitrogen and oxygen atoms in total. The van der Waals surface area contributed by atoms with E-state index in [0.717, 1.165) is 16.8 Å². The Labute approximate surface area is 126 Å². The van der Waals surface area contributed by atoms with Crippen LogP contribution in [-0.4, -0.2) is 14.8 Å². The van der Waals surface area contributed by atoms with Crippen molar-refractivity contribution in [3.8, 4) is 5.69 Å². The van der Waals surface area contributed by atoms with Crippen LogP contribution in [0.25, 0.3) is 27.6 Å². The van der Waals surface area contributed by atoms with Gasteiger partial charge >= 0.3 is 0 Å². The highest BCUT2D eigenvalue weighted by Gasteiger charge is 2.17. The van der Waals surface area contributed by atoms with Gasteiger partial charge in [0.2, 0.25) is 5.43 Å². The lowest BCUT2D eigenvalue weighted by Gasteiger charge is -2.14. The van der Waals surface area contributed by atoms with Crippen LogP contribution in [0.2, 0.25) is 0 Å². The van der Waals surface area contributed by atoms with E-state index in [-0.39, 0.29) is 5.43 Å². The lowest BCUT2D eigenvalue weighted by Crippen LogP contribution is -2.11. The summed E-state index contributed by atoms with van der Waals surface area (Å²) in [6.07, 6.45) is 0. The van der Waals surface area contributed by atoms with E-state index >= 15 is 0 Å². The Morgan fingerprint density at radius 2 is 1.82 bits per heavy atom. The third kappa shape index (κ3) is 1.59. The van der Waals surface area contributed by atoms with Crippen LogP contribution in [0.5, 0.6) is 0 Å². The summed E-state index contributed by atoms with van der Waals surface area (Å²) in [4.78, 5) is 12.7. The highest BCUT2D eigenvalue weighted by Crippen LogP contribution is 2.26. The molecule has 3 N–H and O–H groups in total. The van der Waals surface area contributed by atoms with Gasteiger partial charge in [-0.25, -0.2) is 0 Å². The standard InChI is InChI=1S/C17H14N4O/c1-10-6-2-4-8-12(10)21-13-9-5-3-7-11(13)15(22)14-16(18)19-20-17(14)21/h2-9H,1H3,(H3,18,19,20). The number of hydrogen-bond acceptors (Lipinski definition) is 3. The predicted molar refractivity (Wildman–Crippen MR) is 88.3 cm³/mol. The molecule has 0 aliphatic rings. The quantitative estimate of drug-likeness (QED) is 0.566. The van der Waals surface area contributed by atoms with E-state index in [2.05, 4.69) is 10.2 Å². The first kappa shape index (κ1) is 12.6. The maximum absolute atomic E-state index is 12.7. The van der Waals surface area contributed by atoms with Crippen molar-refractivity contribution in [2.24, 2.45) is 0 Å². The van der Waals surface area contributed by atoms with Gasteiger partial charge in [0.1, 0.15) is 11.2 Å². The molecule has 22 heavy (non-hydrogen) atoms. The van der Waals surface area contributed by atoms with Crippen LogP contribution in [0.3, 0.4) is 0 Å². The van der Waals surface area contributed by atoms with Gasteiger partial charge in [0, 0.05) is 5.39 Å². The summed E-state index contributed by atoms with van der Waals surface area (Å²) < 4.78 is 1.98. The molecule has 0 spiro atoms. The van der Waals surface area contributed by atoms with Gasteiger partial charge in [-0.3, -0.25) is 14.5 Å². The number of nitrogens with two attached hydrogens (primary N) is 1. The Hall–Kier alpha value is -3.08. The number of rotatable bonds is 1. The summed E-state index contributed by atoms with van der Waals surface area (Å²) in [5.74, 6) is 0.299. The highest BCUT2D eigenvalue weighted by atomic mass is 16.1. The molecule has 0 amide bonds. The first-order chi connectivity index (χ1) is 10.7. The number of para-hydroxylation sites is 2. The number of nitrogens with one attached hydrogen (secondary N) is 1. The summed E-state index contributed by atoms with van der Waals surface area (Å²) in [5.41, 5.74) is 9.28. The zero-order valence-electron chi connectivity index (χ0n) is 12.0. The van der Waals surface area contributed by atoms with Crippen molar-refractivity contribution in [1.29, 1.82) is 0 Å². The van der Waals surface area contributed by atoms with Crippen molar-refractivity contribution in [2.75, 3.05) is 5.73 Å². The largest absolute Gasteiger partial charge is 0.383 e. The predicted octanol–water partition coefficient (Wildman–Crippen LogP) is 2.76. The first-order valence-electron chi connectivity index (χ1n) is 7.02. The van der Waals surface area contributed by atoms with E-state index in [1.807, 2.05) is 60.0 Å². The van der Waals surface area contributed by atoms with E-state index in [9.17, 15) is 4.79 Å². The number of fused-ring (bicyclic) bond motifs is 2. The number of H-pyrrole nitrogens is 1. The molecule has 4 rings (SSSR count). The number of aromatic amines is 1. The number of aromatic nitrogens is 3. The average Bonchev–Trinajstić information content (AvgIpc) is 2.91. The molecule has 2 aromatic carbocycles. The van der Waals surface area contributed by atoms with Crippen molar-refractivity contribution in [3.63, 3.8) is 0 Å². The third-order valence-corrected chi connectivity index (χ3v) is 3.96. The number of nitrogens with zero attached hydrogens (tertiary/aromatic N) is 2. The number of nitrogen functional groups attached to an aromatic ring is 1. The molecule has 0 saturated heterocycles. The summed E-state index contributed by atoms with van der Waals surface area (Å²) in [6.45, 7) is 2.03. The van der Waals surface area contributed by atoms with Gasteiger partial charge in [0.25, 0.3) is 0 Å². The zero-order chi connectivity index (χ0) is 15.3. The van der Waals surface area contributed by atoms with E-state index in [1.165, 1.54) is 0 Å². The Morgan fingerprint density at radius 3 is 2.64 bits per heavy atom. The van der Waals surface area contributed by atoms with Crippen LogP contribution in [0.1, 0.15) is 5.56 Å². The zero-order valence-corrected chi connectivity index (χ0v) is 12.0. The second-order valence-corrected chi connectivity index (χ2v) is 5.30. The van der Waals surface area contributed by atoms with Crippen LogP contribution in [0.15, 0.2) is 53.3 Å². The summed E-state index contributed by atoms with van der Waals surface area (Å²) in [5, 5.41) is 8.05. The fraction of sp³-hybridized carbons (Fsp3) is 0.0588.